The smallest absolute Gasteiger partial charge is 0.00640 e. The third-order valence-electron chi connectivity index (χ3n) is 2.26. The molecule has 0 aliphatic heterocycles. The zero-order valence-corrected chi connectivity index (χ0v) is 9.03. The van der Waals surface area contributed by atoms with Crippen molar-refractivity contribution in [3.8, 4) is 0 Å². The predicted molar refractivity (Wildman–Crippen MR) is 58.6 cm³/mol. The summed E-state index contributed by atoms with van der Waals surface area (Å²) in [5, 5.41) is 3.34. The summed E-state index contributed by atoms with van der Waals surface area (Å²) in [5.41, 5.74) is 0. The molecule has 0 heterocycles. The molecule has 0 amide bonds. The van der Waals surface area contributed by atoms with Crippen molar-refractivity contribution in [3.63, 3.8) is 0 Å². The van der Waals surface area contributed by atoms with E-state index in [1.165, 1.54) is 44.9 Å². The van der Waals surface area contributed by atoms with Crippen LogP contribution in [0.3, 0.4) is 0 Å². The van der Waals surface area contributed by atoms with E-state index in [0.717, 1.165) is 6.04 Å². The van der Waals surface area contributed by atoms with Gasteiger partial charge in [0.05, 0.1) is 0 Å². The summed E-state index contributed by atoms with van der Waals surface area (Å²) < 4.78 is 0. The number of hydrogen-bond acceptors (Lipinski definition) is 1. The highest BCUT2D eigenvalue weighted by molar-refractivity contribution is 4.67. The molecule has 0 atom stereocenters. The Morgan fingerprint density at radius 3 is 1.83 bits per heavy atom. The fraction of sp³-hybridized carbons (Fsp3) is 1.00. The van der Waals surface area contributed by atoms with Crippen molar-refractivity contribution in [2.75, 3.05) is 7.05 Å². The van der Waals surface area contributed by atoms with E-state index in [1.54, 1.807) is 0 Å². The van der Waals surface area contributed by atoms with Gasteiger partial charge in [-0.25, -0.2) is 0 Å². The molecule has 76 valence electrons. The lowest BCUT2D eigenvalue weighted by molar-refractivity contribution is 0.499. The Balaban J connectivity index is 0. The van der Waals surface area contributed by atoms with Gasteiger partial charge in [0.25, 0.3) is 0 Å². The lowest BCUT2D eigenvalue weighted by Crippen LogP contribution is -2.23. The van der Waals surface area contributed by atoms with Gasteiger partial charge in [0.15, 0.2) is 0 Å². The standard InChI is InChI=1S/C8H17N.C3H8.H2/c1-9-8-6-4-2-3-5-7-8;1-3-2;/h8-9H,2-7H2,1H3;3H2,1-2H3;1H. The summed E-state index contributed by atoms with van der Waals surface area (Å²) in [6.45, 7) is 4.25. The van der Waals surface area contributed by atoms with Crippen molar-refractivity contribution in [1.82, 2.24) is 5.32 Å². The van der Waals surface area contributed by atoms with Crippen molar-refractivity contribution < 1.29 is 1.43 Å². The minimum atomic E-state index is 0. The Labute approximate surface area is 79.4 Å². The van der Waals surface area contributed by atoms with Gasteiger partial charge in [-0.3, -0.25) is 0 Å². The highest BCUT2D eigenvalue weighted by Crippen LogP contribution is 2.16. The first-order chi connectivity index (χ1) is 5.85. The Morgan fingerprint density at radius 2 is 1.50 bits per heavy atom. The summed E-state index contributed by atoms with van der Waals surface area (Å²) in [6, 6.07) is 0.826. The molecule has 1 nitrogen and oxygen atoms in total. The first-order valence-electron chi connectivity index (χ1n) is 5.52. The fourth-order valence-electron chi connectivity index (χ4n) is 1.57. The molecular weight excluding hydrogens is 146 g/mol. The van der Waals surface area contributed by atoms with Crippen LogP contribution in [-0.4, -0.2) is 13.1 Å². The first kappa shape index (κ1) is 12.0. The Morgan fingerprint density at radius 1 is 1.08 bits per heavy atom. The molecular formula is C11H27N. The van der Waals surface area contributed by atoms with E-state index in [4.69, 9.17) is 0 Å². The molecule has 0 radical (unpaired) electrons. The maximum Gasteiger partial charge on any atom is 0.00640 e. The van der Waals surface area contributed by atoms with Gasteiger partial charge < -0.3 is 5.32 Å². The van der Waals surface area contributed by atoms with Crippen LogP contribution in [-0.2, 0) is 0 Å². The van der Waals surface area contributed by atoms with E-state index < -0.39 is 0 Å². The predicted octanol–water partition coefficient (Wildman–Crippen LogP) is 3.59. The average molecular weight is 173 g/mol. The molecule has 1 N–H and O–H groups in total. The van der Waals surface area contributed by atoms with Crippen molar-refractivity contribution >= 4 is 0 Å². The van der Waals surface area contributed by atoms with Crippen LogP contribution in [0.1, 0.15) is 60.2 Å². The molecule has 0 aromatic heterocycles. The first-order valence-corrected chi connectivity index (χ1v) is 5.52. The van der Waals surface area contributed by atoms with E-state index in [1.807, 2.05) is 0 Å². The minimum absolute atomic E-state index is 0. The molecule has 12 heavy (non-hydrogen) atoms. The van der Waals surface area contributed by atoms with Gasteiger partial charge in [0.2, 0.25) is 0 Å². The zero-order chi connectivity index (χ0) is 9.23. The molecule has 1 rings (SSSR count). The molecule has 0 saturated heterocycles. The Kier molecular flexibility index (Phi) is 9.02. The normalized spacial score (nSPS) is 19.2. The highest BCUT2D eigenvalue weighted by Gasteiger charge is 2.08. The summed E-state index contributed by atoms with van der Waals surface area (Å²) in [6.07, 6.45) is 9.83. The topological polar surface area (TPSA) is 12.0 Å². The molecule has 1 saturated carbocycles. The van der Waals surface area contributed by atoms with E-state index >= 15 is 0 Å². The van der Waals surface area contributed by atoms with Gasteiger partial charge in [0, 0.05) is 7.47 Å². The monoisotopic (exact) mass is 173 g/mol. The van der Waals surface area contributed by atoms with Crippen LogP contribution in [0, 0.1) is 0 Å². The van der Waals surface area contributed by atoms with Gasteiger partial charge in [0.1, 0.15) is 0 Å². The number of rotatable bonds is 1. The Bertz CT molecular complexity index is 78.2. The maximum atomic E-state index is 3.34. The average Bonchev–Trinajstić information content (AvgIpc) is 2.33. The zero-order valence-electron chi connectivity index (χ0n) is 9.03. The van der Waals surface area contributed by atoms with Gasteiger partial charge in [-0.05, 0) is 19.9 Å². The Hall–Kier alpha value is -0.0400. The van der Waals surface area contributed by atoms with Crippen molar-refractivity contribution in [1.29, 1.82) is 0 Å². The SMILES string of the molecule is CCC.CNC1CCCCCC1.[HH]. The van der Waals surface area contributed by atoms with Crippen LogP contribution in [0.5, 0.6) is 0 Å². The fourth-order valence-corrected chi connectivity index (χ4v) is 1.57. The van der Waals surface area contributed by atoms with Crippen LogP contribution in [0.2, 0.25) is 0 Å². The second-order valence-electron chi connectivity index (χ2n) is 3.68. The lowest BCUT2D eigenvalue weighted by Gasteiger charge is -2.10. The third kappa shape index (κ3) is 6.66. The summed E-state index contributed by atoms with van der Waals surface area (Å²) in [5.74, 6) is 0. The van der Waals surface area contributed by atoms with E-state index in [-0.39, 0.29) is 1.43 Å². The molecule has 0 unspecified atom stereocenters. The summed E-state index contributed by atoms with van der Waals surface area (Å²) >= 11 is 0. The molecule has 1 aliphatic rings. The minimum Gasteiger partial charge on any atom is -0.317 e. The van der Waals surface area contributed by atoms with Gasteiger partial charge in [-0.2, -0.15) is 0 Å². The van der Waals surface area contributed by atoms with Crippen molar-refractivity contribution in [3.05, 3.63) is 0 Å². The summed E-state index contributed by atoms with van der Waals surface area (Å²) in [4.78, 5) is 0. The van der Waals surface area contributed by atoms with E-state index in [0.29, 0.717) is 0 Å². The van der Waals surface area contributed by atoms with Gasteiger partial charge in [-0.1, -0.05) is 46.0 Å². The molecule has 1 aliphatic carbocycles. The van der Waals surface area contributed by atoms with Crippen LogP contribution >= 0.6 is 0 Å². The molecule has 0 aromatic rings. The largest absolute Gasteiger partial charge is 0.317 e. The van der Waals surface area contributed by atoms with Gasteiger partial charge >= 0.3 is 0 Å². The molecule has 0 aromatic carbocycles. The second-order valence-corrected chi connectivity index (χ2v) is 3.68. The molecule has 0 bridgehead atoms. The highest BCUT2D eigenvalue weighted by atomic mass is 14.9. The van der Waals surface area contributed by atoms with E-state index in [9.17, 15) is 0 Å². The quantitative estimate of drug-likeness (QED) is 0.598. The number of nitrogens with one attached hydrogen (secondary N) is 1. The van der Waals surface area contributed by atoms with Crippen LogP contribution in [0.15, 0.2) is 0 Å². The van der Waals surface area contributed by atoms with Crippen molar-refractivity contribution in [2.45, 2.75) is 64.8 Å². The van der Waals surface area contributed by atoms with Crippen LogP contribution < -0.4 is 5.32 Å². The molecule has 0 spiro atoms. The molecule has 1 heteroatoms. The third-order valence-corrected chi connectivity index (χ3v) is 2.26. The molecule has 1 fully saturated rings. The van der Waals surface area contributed by atoms with Crippen LogP contribution in [0.4, 0.5) is 0 Å². The van der Waals surface area contributed by atoms with Crippen molar-refractivity contribution in [2.24, 2.45) is 0 Å². The van der Waals surface area contributed by atoms with Crippen LogP contribution in [0.25, 0.3) is 0 Å². The second kappa shape index (κ2) is 9.05. The van der Waals surface area contributed by atoms with E-state index in [2.05, 4.69) is 26.2 Å². The number of hydrogen-bond donors (Lipinski definition) is 1. The van der Waals surface area contributed by atoms with Gasteiger partial charge in [-0.15, -0.1) is 0 Å². The summed E-state index contributed by atoms with van der Waals surface area (Å²) in [7, 11) is 2.08. The lowest BCUT2D eigenvalue weighted by atomic mass is 10.1. The maximum absolute atomic E-state index is 3.34.